The number of hydrogen-bond donors (Lipinski definition) is 2. The average molecular weight is 736 g/mol. The Hall–Kier alpha value is -1.70. The number of rotatable bonds is 18. The van der Waals surface area contributed by atoms with Crippen LogP contribution in [0.3, 0.4) is 0 Å². The Morgan fingerprint density at radius 1 is 0.959 bits per heavy atom. The van der Waals surface area contributed by atoms with Crippen LogP contribution in [0, 0.1) is 24.2 Å². The molecule has 7 nitrogen and oxygen atoms in total. The van der Waals surface area contributed by atoms with Gasteiger partial charge in [-0.1, -0.05) is 93.0 Å². The highest BCUT2D eigenvalue weighted by Crippen LogP contribution is 2.43. The molecule has 49 heavy (non-hydrogen) atoms. The average Bonchev–Trinajstić information content (AvgIpc) is 3.35. The first kappa shape index (κ1) is 45.3. The Kier molecular flexibility index (Phi) is 16.4. The molecule has 2 N–H and O–H groups in total. The summed E-state index contributed by atoms with van der Waals surface area (Å²) in [4.78, 5) is 31.0. The summed E-state index contributed by atoms with van der Waals surface area (Å²) in [6.07, 6.45) is 7.55. The van der Waals surface area contributed by atoms with Crippen LogP contribution in [0.15, 0.2) is 34.8 Å². The van der Waals surface area contributed by atoms with E-state index < -0.39 is 52.2 Å². The number of nitrogens with zero attached hydrogens (tertiary/aromatic N) is 1. The molecule has 0 aliphatic carbocycles. The van der Waals surface area contributed by atoms with Crippen molar-refractivity contribution in [3.63, 3.8) is 0 Å². The summed E-state index contributed by atoms with van der Waals surface area (Å²) in [7, 11) is -4.67. The highest BCUT2D eigenvalue weighted by molar-refractivity contribution is 7.09. The summed E-state index contributed by atoms with van der Waals surface area (Å²) in [5, 5.41) is 23.4. The summed E-state index contributed by atoms with van der Waals surface area (Å²) in [6.45, 7) is 35.2. The zero-order valence-electron chi connectivity index (χ0n) is 33.8. The molecule has 5 atom stereocenters. The van der Waals surface area contributed by atoms with Gasteiger partial charge in [0.15, 0.2) is 16.6 Å². The third-order valence-electron chi connectivity index (χ3n) is 10.8. The number of hydrogen-bond acceptors (Lipinski definition) is 7. The highest BCUT2D eigenvalue weighted by atomic mass is 32.1. The number of carboxylic acid groups (broad SMARTS) is 1. The van der Waals surface area contributed by atoms with Gasteiger partial charge in [-0.25, -0.2) is 4.98 Å². The molecular formula is C39H69NO6SSi2. The normalized spacial score (nSPS) is 17.6. The van der Waals surface area contributed by atoms with Gasteiger partial charge < -0.3 is 19.1 Å². The van der Waals surface area contributed by atoms with Crippen LogP contribution < -0.4 is 0 Å². The predicted molar refractivity (Wildman–Crippen MR) is 212 cm³/mol. The van der Waals surface area contributed by atoms with E-state index in [-0.39, 0.29) is 28.2 Å². The summed E-state index contributed by atoms with van der Waals surface area (Å²) in [5.74, 6) is -1.58. The van der Waals surface area contributed by atoms with Crippen molar-refractivity contribution >= 4 is 45.8 Å². The molecule has 1 rings (SSSR count). The molecule has 0 aliphatic rings. The van der Waals surface area contributed by atoms with Gasteiger partial charge in [-0.2, -0.15) is 0 Å². The van der Waals surface area contributed by atoms with E-state index in [2.05, 4.69) is 105 Å². The van der Waals surface area contributed by atoms with Crippen molar-refractivity contribution in [3.05, 3.63) is 45.5 Å². The van der Waals surface area contributed by atoms with E-state index in [1.807, 2.05) is 46.1 Å². The van der Waals surface area contributed by atoms with Crippen LogP contribution in [0.5, 0.6) is 0 Å². The molecule has 0 unspecified atom stereocenters. The third-order valence-corrected chi connectivity index (χ3v) is 20.6. The minimum absolute atomic E-state index is 0.0391. The fourth-order valence-electron chi connectivity index (χ4n) is 5.15. The molecule has 0 aliphatic heterocycles. The van der Waals surface area contributed by atoms with Gasteiger partial charge in [0, 0.05) is 16.7 Å². The number of aliphatic hydroxyl groups excluding tert-OH is 1. The lowest BCUT2D eigenvalue weighted by Crippen LogP contribution is -2.54. The van der Waals surface area contributed by atoms with Crippen LogP contribution in [0.2, 0.25) is 36.3 Å². The van der Waals surface area contributed by atoms with E-state index in [1.54, 1.807) is 11.3 Å². The molecule has 1 heterocycles. The minimum Gasteiger partial charge on any atom is -0.481 e. The smallest absolute Gasteiger partial charge is 0.305 e. The number of aryl methyl sites for hydroxylation is 1. The number of carboxylic acids is 1. The second-order valence-corrected chi connectivity index (χ2v) is 28.2. The third kappa shape index (κ3) is 13.4. The van der Waals surface area contributed by atoms with Crippen LogP contribution in [-0.4, -0.2) is 61.9 Å². The Morgan fingerprint density at radius 2 is 1.49 bits per heavy atom. The zero-order valence-corrected chi connectivity index (χ0v) is 36.6. The van der Waals surface area contributed by atoms with Crippen molar-refractivity contribution in [2.75, 3.05) is 0 Å². The molecule has 0 amide bonds. The minimum atomic E-state index is -2.38. The Labute approximate surface area is 305 Å². The number of Topliss-reactive ketones (excluding diaryl/α,β-unsaturated/α-hetero) is 1. The van der Waals surface area contributed by atoms with Crippen molar-refractivity contribution in [3.8, 4) is 0 Å². The molecule has 1 aromatic rings. The fraction of sp³-hybridized carbons (Fsp3) is 0.718. The standard InChI is InChI=1S/C39H69NO6SSi2/c1-26(21-22-32(41)28(3)23-31-25-47-30(5)40-31)19-18-20-27(2)35(46-49(16,17)38(9,10)11)29(4)36(44)39(12,13)33(24-34(42)43)45-48(14,15)37(6,7)8/h18,20-21,23,25,27,29,32-33,35,41H,19,22,24H2,1-17H3,(H,42,43)/b20-18+,26-21+,28-23+/t27-,29+,32-,33+,35+/m0/s1. The summed E-state index contributed by atoms with van der Waals surface area (Å²) < 4.78 is 13.7. The lowest BCUT2D eigenvalue weighted by atomic mass is 9.73. The summed E-state index contributed by atoms with van der Waals surface area (Å²) in [5.41, 5.74) is 1.86. The summed E-state index contributed by atoms with van der Waals surface area (Å²) >= 11 is 1.60. The van der Waals surface area contributed by atoms with Crippen molar-refractivity contribution in [1.29, 1.82) is 0 Å². The number of thiazole rings is 1. The first-order chi connectivity index (χ1) is 22.0. The van der Waals surface area contributed by atoms with E-state index in [9.17, 15) is 19.8 Å². The molecule has 0 radical (unpaired) electrons. The second kappa shape index (κ2) is 17.7. The maximum absolute atomic E-state index is 14.5. The highest BCUT2D eigenvalue weighted by Gasteiger charge is 2.49. The number of carbonyl (C=O) groups is 2. The molecule has 10 heteroatoms. The van der Waals surface area contributed by atoms with E-state index in [4.69, 9.17) is 8.85 Å². The number of aliphatic hydroxyl groups is 1. The number of allylic oxidation sites excluding steroid dienone is 2. The van der Waals surface area contributed by atoms with Gasteiger partial charge in [0.1, 0.15) is 5.78 Å². The molecule has 0 saturated heterocycles. The Balaban J connectivity index is 3.30. The van der Waals surface area contributed by atoms with Gasteiger partial charge in [0.2, 0.25) is 0 Å². The van der Waals surface area contributed by atoms with Gasteiger partial charge in [-0.05, 0) is 87.4 Å². The quantitative estimate of drug-likeness (QED) is 0.114. The zero-order chi connectivity index (χ0) is 38.3. The van der Waals surface area contributed by atoms with Crippen LogP contribution in [0.1, 0.15) is 113 Å². The number of aromatic nitrogens is 1. The topological polar surface area (TPSA) is 106 Å². The molecule has 0 bridgehead atoms. The molecule has 0 fully saturated rings. The summed E-state index contributed by atoms with van der Waals surface area (Å²) in [6, 6.07) is 0. The molecule has 1 aromatic heterocycles. The largest absolute Gasteiger partial charge is 0.481 e. The molecule has 280 valence electrons. The first-order valence-electron chi connectivity index (χ1n) is 17.8. The SMILES string of the molecule is C/C(=C\C[C@H](O)/C(C)=C/c1csc(C)n1)C/C=C/[C@H](C)[C@@H](O[Si](C)(C)C(C)(C)C)[C@@H](C)C(=O)C(C)(C)[C@@H](CC(=O)O)O[Si](C)(C)C(C)(C)C. The van der Waals surface area contributed by atoms with Crippen LogP contribution >= 0.6 is 11.3 Å². The van der Waals surface area contributed by atoms with Crippen LogP contribution in [0.25, 0.3) is 6.08 Å². The number of aliphatic carboxylic acids is 1. The fourth-order valence-corrected chi connectivity index (χ4v) is 8.61. The van der Waals surface area contributed by atoms with Gasteiger partial charge in [-0.3, -0.25) is 9.59 Å². The van der Waals surface area contributed by atoms with Gasteiger partial charge in [0.05, 0.1) is 35.4 Å². The molecule has 0 aromatic carbocycles. The monoisotopic (exact) mass is 735 g/mol. The van der Waals surface area contributed by atoms with Crippen molar-refractivity contribution in [2.45, 2.75) is 164 Å². The van der Waals surface area contributed by atoms with Gasteiger partial charge >= 0.3 is 5.97 Å². The van der Waals surface area contributed by atoms with Crippen LogP contribution in [0.4, 0.5) is 0 Å². The number of ketones is 1. The van der Waals surface area contributed by atoms with E-state index in [0.29, 0.717) is 12.8 Å². The van der Waals surface area contributed by atoms with Crippen molar-refractivity contribution in [2.24, 2.45) is 17.3 Å². The first-order valence-corrected chi connectivity index (χ1v) is 24.5. The van der Waals surface area contributed by atoms with Crippen molar-refractivity contribution < 1.29 is 28.7 Å². The maximum atomic E-state index is 14.5. The van der Waals surface area contributed by atoms with E-state index >= 15 is 0 Å². The van der Waals surface area contributed by atoms with E-state index in [1.165, 1.54) is 0 Å². The lowest BCUT2D eigenvalue weighted by Gasteiger charge is -2.46. The van der Waals surface area contributed by atoms with Gasteiger partial charge in [-0.15, -0.1) is 11.3 Å². The molecular weight excluding hydrogens is 667 g/mol. The van der Waals surface area contributed by atoms with Gasteiger partial charge in [0.25, 0.3) is 0 Å². The number of carbonyl (C=O) groups excluding carboxylic acids is 1. The lowest BCUT2D eigenvalue weighted by molar-refractivity contribution is -0.146. The predicted octanol–water partition coefficient (Wildman–Crippen LogP) is 10.6. The maximum Gasteiger partial charge on any atom is 0.305 e. The van der Waals surface area contributed by atoms with Crippen LogP contribution in [-0.2, 0) is 18.4 Å². The van der Waals surface area contributed by atoms with Crippen molar-refractivity contribution in [1.82, 2.24) is 4.98 Å². The Morgan fingerprint density at radius 3 is 1.96 bits per heavy atom. The second-order valence-electron chi connectivity index (χ2n) is 17.7. The molecule has 0 saturated carbocycles. The Bertz CT molecular complexity index is 1350. The molecule has 0 spiro atoms. The van der Waals surface area contributed by atoms with E-state index in [0.717, 1.165) is 21.8 Å².